The molecule has 2 amide bonds. The molecular formula is C15H26N2O5. The molecule has 1 saturated heterocycles. The van der Waals surface area contributed by atoms with E-state index in [1.165, 1.54) is 15.9 Å². The fourth-order valence-corrected chi connectivity index (χ4v) is 2.16. The fraction of sp³-hybridized carbons (Fsp3) is 0.733. The lowest BCUT2D eigenvalue weighted by Crippen LogP contribution is -2.49. The van der Waals surface area contributed by atoms with Crippen molar-refractivity contribution in [3.63, 3.8) is 0 Å². The first-order valence-corrected chi connectivity index (χ1v) is 7.41. The van der Waals surface area contributed by atoms with E-state index in [-0.39, 0.29) is 19.8 Å². The number of aliphatic hydroxyl groups excluding tert-OH is 1. The van der Waals surface area contributed by atoms with E-state index in [2.05, 4.69) is 6.58 Å². The number of amides is 2. The second-order valence-corrected chi connectivity index (χ2v) is 6.18. The quantitative estimate of drug-likeness (QED) is 0.801. The van der Waals surface area contributed by atoms with Gasteiger partial charge in [-0.1, -0.05) is 12.7 Å². The molecule has 0 aliphatic carbocycles. The molecule has 0 aromatic rings. The molecule has 1 N–H and O–H groups in total. The Bertz CT molecular complexity index is 405. The van der Waals surface area contributed by atoms with Gasteiger partial charge in [-0.25, -0.2) is 9.59 Å². The summed E-state index contributed by atoms with van der Waals surface area (Å²) in [4.78, 5) is 27.1. The summed E-state index contributed by atoms with van der Waals surface area (Å²) in [6.45, 7) is 9.84. The molecule has 126 valence electrons. The maximum absolute atomic E-state index is 12.2. The Balaban J connectivity index is 2.73. The van der Waals surface area contributed by atoms with E-state index in [4.69, 9.17) is 9.47 Å². The molecule has 0 saturated carbocycles. The Labute approximate surface area is 131 Å². The number of aliphatic hydroxyl groups is 1. The van der Waals surface area contributed by atoms with Crippen molar-refractivity contribution < 1.29 is 24.2 Å². The lowest BCUT2D eigenvalue weighted by molar-refractivity contribution is 0.00903. The summed E-state index contributed by atoms with van der Waals surface area (Å²) in [5.41, 5.74) is -0.605. The summed E-state index contributed by atoms with van der Waals surface area (Å²) in [6.07, 6.45) is 1.14. The van der Waals surface area contributed by atoms with Gasteiger partial charge in [0.25, 0.3) is 0 Å². The van der Waals surface area contributed by atoms with Crippen molar-refractivity contribution in [2.24, 2.45) is 0 Å². The second-order valence-electron chi connectivity index (χ2n) is 6.18. The summed E-state index contributed by atoms with van der Waals surface area (Å²) < 4.78 is 10.4. The minimum atomic E-state index is -0.605. The van der Waals surface area contributed by atoms with E-state index in [0.29, 0.717) is 19.5 Å². The van der Waals surface area contributed by atoms with Gasteiger partial charge in [0.15, 0.2) is 0 Å². The zero-order valence-corrected chi connectivity index (χ0v) is 13.6. The molecule has 7 heteroatoms. The zero-order chi connectivity index (χ0) is 16.8. The van der Waals surface area contributed by atoms with Crippen LogP contribution in [0.2, 0.25) is 0 Å². The van der Waals surface area contributed by atoms with Crippen LogP contribution in [0.5, 0.6) is 0 Å². The fourth-order valence-electron chi connectivity index (χ4n) is 2.16. The molecule has 0 spiro atoms. The number of hydrogen-bond donors (Lipinski definition) is 1. The van der Waals surface area contributed by atoms with Crippen molar-refractivity contribution in [1.82, 2.24) is 9.80 Å². The molecule has 1 fully saturated rings. The Morgan fingerprint density at radius 3 is 2.55 bits per heavy atom. The molecule has 22 heavy (non-hydrogen) atoms. The van der Waals surface area contributed by atoms with Gasteiger partial charge in [-0.3, -0.25) is 0 Å². The van der Waals surface area contributed by atoms with Gasteiger partial charge in [-0.2, -0.15) is 0 Å². The van der Waals surface area contributed by atoms with E-state index in [1.54, 1.807) is 20.8 Å². The highest BCUT2D eigenvalue weighted by Crippen LogP contribution is 2.16. The molecule has 1 atom stereocenters. The molecule has 0 radical (unpaired) electrons. The van der Waals surface area contributed by atoms with Crippen molar-refractivity contribution in [3.05, 3.63) is 12.7 Å². The smallest absolute Gasteiger partial charge is 0.410 e. The third kappa shape index (κ3) is 5.55. The van der Waals surface area contributed by atoms with Crippen molar-refractivity contribution in [2.75, 3.05) is 32.8 Å². The van der Waals surface area contributed by atoms with Crippen LogP contribution in [-0.4, -0.2) is 71.6 Å². The monoisotopic (exact) mass is 314 g/mol. The van der Waals surface area contributed by atoms with Crippen LogP contribution in [0.25, 0.3) is 0 Å². The number of ether oxygens (including phenoxy) is 2. The highest BCUT2D eigenvalue weighted by atomic mass is 16.6. The number of carbonyl (C=O) groups is 2. The van der Waals surface area contributed by atoms with E-state index >= 15 is 0 Å². The van der Waals surface area contributed by atoms with Gasteiger partial charge in [0, 0.05) is 19.6 Å². The molecule has 0 aromatic carbocycles. The van der Waals surface area contributed by atoms with Crippen LogP contribution < -0.4 is 0 Å². The number of hydrogen-bond acceptors (Lipinski definition) is 5. The van der Waals surface area contributed by atoms with Gasteiger partial charge in [0.05, 0.1) is 12.6 Å². The Morgan fingerprint density at radius 1 is 1.32 bits per heavy atom. The summed E-state index contributed by atoms with van der Waals surface area (Å²) in [6, 6.07) is -0.506. The van der Waals surface area contributed by atoms with Gasteiger partial charge < -0.3 is 24.4 Å². The van der Waals surface area contributed by atoms with Gasteiger partial charge in [-0.15, -0.1) is 0 Å². The van der Waals surface area contributed by atoms with E-state index < -0.39 is 23.8 Å². The third-order valence-corrected chi connectivity index (χ3v) is 3.12. The predicted octanol–water partition coefficient (Wildman–Crippen LogP) is 1.61. The van der Waals surface area contributed by atoms with Crippen LogP contribution >= 0.6 is 0 Å². The highest BCUT2D eigenvalue weighted by Gasteiger charge is 2.33. The maximum atomic E-state index is 12.2. The van der Waals surface area contributed by atoms with Crippen LogP contribution in [0.3, 0.4) is 0 Å². The lowest BCUT2D eigenvalue weighted by atomic mass is 10.2. The minimum Gasteiger partial charge on any atom is -0.445 e. The van der Waals surface area contributed by atoms with Crippen molar-refractivity contribution in [2.45, 2.75) is 38.8 Å². The van der Waals surface area contributed by atoms with Gasteiger partial charge in [0.1, 0.15) is 12.2 Å². The molecule has 1 heterocycles. The summed E-state index contributed by atoms with van der Waals surface area (Å²) in [7, 11) is 0. The number of carbonyl (C=O) groups excluding carboxylic acids is 2. The molecule has 0 aromatic heterocycles. The van der Waals surface area contributed by atoms with Crippen LogP contribution in [0.4, 0.5) is 9.59 Å². The second kappa shape index (κ2) is 8.03. The van der Waals surface area contributed by atoms with Crippen molar-refractivity contribution in [3.8, 4) is 0 Å². The Kier molecular flexibility index (Phi) is 6.67. The van der Waals surface area contributed by atoms with Crippen LogP contribution in [0, 0.1) is 0 Å². The molecule has 1 aliphatic heterocycles. The molecular weight excluding hydrogens is 288 g/mol. The molecule has 1 aliphatic rings. The average molecular weight is 314 g/mol. The zero-order valence-electron chi connectivity index (χ0n) is 13.6. The van der Waals surface area contributed by atoms with Crippen LogP contribution in [0.1, 0.15) is 27.2 Å². The van der Waals surface area contributed by atoms with E-state index in [9.17, 15) is 14.7 Å². The molecule has 7 nitrogen and oxygen atoms in total. The van der Waals surface area contributed by atoms with Gasteiger partial charge in [0.2, 0.25) is 0 Å². The van der Waals surface area contributed by atoms with Crippen molar-refractivity contribution >= 4 is 12.2 Å². The van der Waals surface area contributed by atoms with Crippen LogP contribution in [0.15, 0.2) is 12.7 Å². The Morgan fingerprint density at radius 2 is 2.00 bits per heavy atom. The maximum Gasteiger partial charge on any atom is 0.410 e. The first kappa shape index (κ1) is 18.3. The first-order valence-electron chi connectivity index (χ1n) is 7.41. The predicted molar refractivity (Wildman–Crippen MR) is 81.5 cm³/mol. The largest absolute Gasteiger partial charge is 0.445 e. The number of rotatable bonds is 3. The van der Waals surface area contributed by atoms with E-state index in [1.807, 2.05) is 0 Å². The van der Waals surface area contributed by atoms with Crippen LogP contribution in [-0.2, 0) is 9.47 Å². The lowest BCUT2D eigenvalue weighted by Gasteiger charge is -2.32. The SMILES string of the molecule is C=CCOC(=O)N1CCCN(C(=O)OC(C)(C)C)C(CO)C1. The van der Waals surface area contributed by atoms with Gasteiger partial charge >= 0.3 is 12.2 Å². The standard InChI is InChI=1S/C15H26N2O5/c1-5-9-21-13(19)16-7-6-8-17(12(10-16)11-18)14(20)22-15(2,3)4/h5,12,18H,1,6-11H2,2-4H3. The molecule has 1 unspecified atom stereocenters. The average Bonchev–Trinajstić information content (AvgIpc) is 2.65. The molecule has 0 bridgehead atoms. The Hall–Kier alpha value is -1.76. The number of nitrogens with zero attached hydrogens (tertiary/aromatic N) is 2. The topological polar surface area (TPSA) is 79.3 Å². The summed E-state index contributed by atoms with van der Waals surface area (Å²) >= 11 is 0. The van der Waals surface area contributed by atoms with E-state index in [0.717, 1.165) is 0 Å². The first-order chi connectivity index (χ1) is 10.3. The highest BCUT2D eigenvalue weighted by molar-refractivity contribution is 5.70. The van der Waals surface area contributed by atoms with Gasteiger partial charge in [-0.05, 0) is 27.2 Å². The third-order valence-electron chi connectivity index (χ3n) is 3.12. The molecule has 1 rings (SSSR count). The normalized spacial score (nSPS) is 19.4. The van der Waals surface area contributed by atoms with Crippen molar-refractivity contribution in [1.29, 1.82) is 0 Å². The summed E-state index contributed by atoms with van der Waals surface area (Å²) in [5.74, 6) is 0. The summed E-state index contributed by atoms with van der Waals surface area (Å²) in [5, 5.41) is 9.56. The minimum absolute atomic E-state index is 0.134.